The minimum Gasteiger partial charge on any atom is -0.481 e. The first-order valence-electron chi connectivity index (χ1n) is 11.7. The lowest BCUT2D eigenvalue weighted by Crippen LogP contribution is -2.37. The predicted molar refractivity (Wildman–Crippen MR) is 136 cm³/mol. The third-order valence-electron chi connectivity index (χ3n) is 6.55. The van der Waals surface area contributed by atoms with Crippen LogP contribution in [-0.4, -0.2) is 44.5 Å². The van der Waals surface area contributed by atoms with Crippen molar-refractivity contribution in [1.82, 2.24) is 18.9 Å². The molecular formula is C25H23ClFN5O4S. The number of halogens is 2. The first-order valence-corrected chi connectivity index (χ1v) is 13.5. The molecule has 0 saturated heterocycles. The van der Waals surface area contributed by atoms with Crippen molar-refractivity contribution in [3.63, 3.8) is 0 Å². The molecule has 1 aromatic carbocycles. The van der Waals surface area contributed by atoms with Gasteiger partial charge in [-0.05, 0) is 38.0 Å². The van der Waals surface area contributed by atoms with Crippen molar-refractivity contribution in [3.8, 4) is 11.4 Å². The molecule has 1 aliphatic carbocycles. The summed E-state index contributed by atoms with van der Waals surface area (Å²) in [5, 5.41) is 13.2. The Morgan fingerprint density at radius 2 is 1.89 bits per heavy atom. The topological polar surface area (TPSA) is 127 Å². The normalized spacial score (nSPS) is 18.1. The van der Waals surface area contributed by atoms with E-state index in [2.05, 4.69) is 20.3 Å². The van der Waals surface area contributed by atoms with Crippen LogP contribution in [0.4, 0.5) is 10.2 Å². The molecule has 0 spiro atoms. The van der Waals surface area contributed by atoms with Gasteiger partial charge in [0.1, 0.15) is 0 Å². The van der Waals surface area contributed by atoms with Crippen molar-refractivity contribution in [2.45, 2.75) is 43.5 Å². The second kappa shape index (κ2) is 9.71. The van der Waals surface area contributed by atoms with Gasteiger partial charge in [0.2, 0.25) is 0 Å². The maximum Gasteiger partial charge on any atom is 0.308 e. The fourth-order valence-corrected chi connectivity index (χ4v) is 6.09. The molecule has 37 heavy (non-hydrogen) atoms. The Bertz CT molecular complexity index is 1610. The van der Waals surface area contributed by atoms with Crippen LogP contribution in [0.3, 0.4) is 0 Å². The van der Waals surface area contributed by atoms with Crippen molar-refractivity contribution in [2.24, 2.45) is 5.92 Å². The van der Waals surface area contributed by atoms with Crippen LogP contribution in [-0.2, 0) is 14.8 Å². The summed E-state index contributed by atoms with van der Waals surface area (Å²) >= 11 is 6.18. The number of carboxylic acids is 1. The molecule has 192 valence electrons. The molecular weight excluding hydrogens is 521 g/mol. The summed E-state index contributed by atoms with van der Waals surface area (Å²) in [7, 11) is -4.04. The summed E-state index contributed by atoms with van der Waals surface area (Å²) in [4.78, 5) is 24.4. The van der Waals surface area contributed by atoms with Gasteiger partial charge in [0, 0.05) is 29.4 Å². The number of nitrogens with one attached hydrogen (secondary N) is 1. The minimum atomic E-state index is -4.04. The van der Waals surface area contributed by atoms with Crippen LogP contribution in [0.2, 0.25) is 5.02 Å². The Hall–Kier alpha value is -3.57. The Morgan fingerprint density at radius 3 is 2.62 bits per heavy atom. The zero-order valence-corrected chi connectivity index (χ0v) is 21.3. The molecule has 0 radical (unpaired) electrons. The van der Waals surface area contributed by atoms with E-state index in [0.29, 0.717) is 18.2 Å². The molecule has 12 heteroatoms. The molecule has 0 bridgehead atoms. The number of carbonyl (C=O) groups is 1. The Labute approximate surface area is 217 Å². The number of pyridine rings is 1. The predicted octanol–water partition coefficient (Wildman–Crippen LogP) is 4.89. The van der Waals surface area contributed by atoms with Crippen LogP contribution in [0.1, 0.15) is 31.2 Å². The Kier molecular flexibility index (Phi) is 6.59. The molecule has 5 rings (SSSR count). The van der Waals surface area contributed by atoms with Gasteiger partial charge in [-0.1, -0.05) is 42.1 Å². The second-order valence-corrected chi connectivity index (χ2v) is 11.3. The molecule has 0 aliphatic heterocycles. The fourth-order valence-electron chi connectivity index (χ4n) is 4.61. The third kappa shape index (κ3) is 4.76. The van der Waals surface area contributed by atoms with Crippen molar-refractivity contribution < 1.29 is 22.7 Å². The lowest BCUT2D eigenvalue weighted by atomic mass is 9.84. The average Bonchev–Trinajstić information content (AvgIpc) is 3.25. The standard InChI is InChI=1S/C25H23ClFN5O4S/c1-14-6-8-16(9-7-14)37(35,36)32-13-19(18-10-15(26)11-29-24(18)32)22-28-12-20(27)23(31-22)30-21-5-3-2-4-17(21)25(33)34/h6-13,17,21H,2-5H2,1H3,(H,33,34)(H,28,30,31)/t17-,21+/m1/s1. The number of benzene rings is 1. The van der Waals surface area contributed by atoms with Crippen molar-refractivity contribution in [1.29, 1.82) is 0 Å². The van der Waals surface area contributed by atoms with Crippen molar-refractivity contribution in [3.05, 3.63) is 65.3 Å². The summed E-state index contributed by atoms with van der Waals surface area (Å²) < 4.78 is 42.7. The van der Waals surface area contributed by atoms with Gasteiger partial charge in [-0.2, -0.15) is 0 Å². The number of aryl methyl sites for hydroxylation is 1. The molecule has 0 unspecified atom stereocenters. The van der Waals surface area contributed by atoms with E-state index in [9.17, 15) is 22.7 Å². The first-order chi connectivity index (χ1) is 17.6. The average molecular weight is 544 g/mol. The quantitative estimate of drug-likeness (QED) is 0.352. The SMILES string of the molecule is Cc1ccc(S(=O)(=O)n2cc(-c3ncc(F)c(N[C@H]4CCCC[C@H]4C(=O)O)n3)c3cc(Cl)cnc32)cc1. The van der Waals surface area contributed by atoms with E-state index in [1.165, 1.54) is 24.5 Å². The zero-order chi connectivity index (χ0) is 26.3. The van der Waals surface area contributed by atoms with Crippen LogP contribution >= 0.6 is 11.6 Å². The van der Waals surface area contributed by atoms with Gasteiger partial charge in [-0.15, -0.1) is 0 Å². The van der Waals surface area contributed by atoms with Gasteiger partial charge in [-0.3, -0.25) is 4.79 Å². The number of fused-ring (bicyclic) bond motifs is 1. The van der Waals surface area contributed by atoms with E-state index < -0.39 is 33.8 Å². The highest BCUT2D eigenvalue weighted by atomic mass is 35.5. The minimum absolute atomic E-state index is 0.0403. The van der Waals surface area contributed by atoms with Gasteiger partial charge in [-0.25, -0.2) is 31.7 Å². The van der Waals surface area contributed by atoms with Gasteiger partial charge < -0.3 is 10.4 Å². The Balaban J connectivity index is 1.61. The highest BCUT2D eigenvalue weighted by molar-refractivity contribution is 7.90. The third-order valence-corrected chi connectivity index (χ3v) is 8.42. The zero-order valence-electron chi connectivity index (χ0n) is 19.7. The second-order valence-electron chi connectivity index (χ2n) is 9.05. The first kappa shape index (κ1) is 25.1. The van der Waals surface area contributed by atoms with Crippen LogP contribution in [0.15, 0.2) is 53.8 Å². The summed E-state index contributed by atoms with van der Waals surface area (Å²) in [5.41, 5.74) is 1.30. The number of hydrogen-bond acceptors (Lipinski definition) is 7. The van der Waals surface area contributed by atoms with Crippen molar-refractivity contribution in [2.75, 3.05) is 5.32 Å². The van der Waals surface area contributed by atoms with E-state index in [1.807, 2.05) is 6.92 Å². The van der Waals surface area contributed by atoms with E-state index >= 15 is 0 Å². The maximum absolute atomic E-state index is 14.7. The molecule has 1 saturated carbocycles. The van der Waals surface area contributed by atoms with Gasteiger partial charge in [0.05, 0.1) is 22.0 Å². The van der Waals surface area contributed by atoms with E-state index in [0.717, 1.165) is 28.6 Å². The number of carboxylic acid groups (broad SMARTS) is 1. The Morgan fingerprint density at radius 1 is 1.16 bits per heavy atom. The number of nitrogens with zero attached hydrogens (tertiary/aromatic N) is 4. The molecule has 1 fully saturated rings. The number of aliphatic carboxylic acids is 1. The van der Waals surface area contributed by atoms with Crippen molar-refractivity contribution >= 4 is 44.4 Å². The summed E-state index contributed by atoms with van der Waals surface area (Å²) in [6, 6.07) is 7.45. The highest BCUT2D eigenvalue weighted by Gasteiger charge is 2.32. The van der Waals surface area contributed by atoms with Crippen LogP contribution in [0.5, 0.6) is 0 Å². The monoisotopic (exact) mass is 543 g/mol. The van der Waals surface area contributed by atoms with E-state index in [1.54, 1.807) is 18.2 Å². The van der Waals surface area contributed by atoms with Crippen LogP contribution in [0, 0.1) is 18.7 Å². The molecule has 2 atom stereocenters. The molecule has 2 N–H and O–H groups in total. The molecule has 3 aromatic heterocycles. The highest BCUT2D eigenvalue weighted by Crippen LogP contribution is 2.33. The lowest BCUT2D eigenvalue weighted by molar-refractivity contribution is -0.143. The maximum atomic E-state index is 14.7. The van der Waals surface area contributed by atoms with Gasteiger partial charge in [0.15, 0.2) is 23.1 Å². The van der Waals surface area contributed by atoms with E-state index in [-0.39, 0.29) is 32.8 Å². The summed E-state index contributed by atoms with van der Waals surface area (Å²) in [6.45, 7) is 1.85. The lowest BCUT2D eigenvalue weighted by Gasteiger charge is -2.29. The van der Waals surface area contributed by atoms with Crippen LogP contribution in [0.25, 0.3) is 22.4 Å². The van der Waals surface area contributed by atoms with Gasteiger partial charge in [0.25, 0.3) is 10.0 Å². The number of anilines is 1. The van der Waals surface area contributed by atoms with Gasteiger partial charge >= 0.3 is 5.97 Å². The summed E-state index contributed by atoms with van der Waals surface area (Å²) in [5.74, 6) is -2.47. The smallest absolute Gasteiger partial charge is 0.308 e. The fraction of sp³-hybridized carbons (Fsp3) is 0.280. The molecule has 3 heterocycles. The number of hydrogen-bond donors (Lipinski definition) is 2. The van der Waals surface area contributed by atoms with E-state index in [4.69, 9.17) is 11.6 Å². The number of rotatable bonds is 6. The largest absolute Gasteiger partial charge is 0.481 e. The summed E-state index contributed by atoms with van der Waals surface area (Å²) in [6.07, 6.45) is 6.29. The molecule has 9 nitrogen and oxygen atoms in total. The molecule has 0 amide bonds. The molecule has 4 aromatic rings. The number of aromatic nitrogens is 4. The molecule has 1 aliphatic rings. The van der Waals surface area contributed by atoms with Crippen LogP contribution < -0.4 is 5.32 Å².